The maximum absolute atomic E-state index is 12.2. The number of fused-ring (bicyclic) bond motifs is 1. The predicted molar refractivity (Wildman–Crippen MR) is 111 cm³/mol. The summed E-state index contributed by atoms with van der Waals surface area (Å²) >= 11 is 4.86. The Morgan fingerprint density at radius 2 is 1.89 bits per heavy atom. The molecule has 5 nitrogen and oxygen atoms in total. The summed E-state index contributed by atoms with van der Waals surface area (Å²) in [5.74, 6) is 0.411. The minimum absolute atomic E-state index is 0.0747. The highest BCUT2D eigenvalue weighted by molar-refractivity contribution is 9.10. The van der Waals surface area contributed by atoms with Crippen molar-refractivity contribution in [2.24, 2.45) is 0 Å². The third-order valence-electron chi connectivity index (χ3n) is 4.01. The fourth-order valence-electron chi connectivity index (χ4n) is 2.68. The lowest BCUT2D eigenvalue weighted by atomic mass is 10.1. The van der Waals surface area contributed by atoms with Crippen molar-refractivity contribution in [3.63, 3.8) is 0 Å². The van der Waals surface area contributed by atoms with Gasteiger partial charge < -0.3 is 10.1 Å². The van der Waals surface area contributed by atoms with E-state index in [-0.39, 0.29) is 12.5 Å². The van der Waals surface area contributed by atoms with Gasteiger partial charge in [-0.3, -0.25) is 4.79 Å². The standard InChI is InChI=1S/C20H14BrN3O2S/c21-20-16-4-2-1-3-13(16)7-10-18(20)26-11-19(25)22-15-8-5-14(6-9-15)17-12-27-24-23-17/h1-10,12H,11H2,(H,22,25). The van der Waals surface area contributed by atoms with Crippen molar-refractivity contribution in [2.75, 3.05) is 11.9 Å². The first-order valence-electron chi connectivity index (χ1n) is 8.18. The smallest absolute Gasteiger partial charge is 0.262 e. The van der Waals surface area contributed by atoms with E-state index in [0.717, 1.165) is 26.5 Å². The minimum atomic E-state index is -0.224. The second-order valence-corrected chi connectivity index (χ2v) is 7.21. The number of aromatic nitrogens is 2. The number of carbonyl (C=O) groups excluding carboxylic acids is 1. The molecule has 0 aliphatic rings. The molecule has 0 saturated carbocycles. The van der Waals surface area contributed by atoms with E-state index in [1.165, 1.54) is 11.5 Å². The van der Waals surface area contributed by atoms with Crippen molar-refractivity contribution in [2.45, 2.75) is 0 Å². The van der Waals surface area contributed by atoms with Crippen molar-refractivity contribution < 1.29 is 9.53 Å². The molecule has 1 aromatic heterocycles. The lowest BCUT2D eigenvalue weighted by Crippen LogP contribution is -2.20. The molecule has 0 aliphatic carbocycles. The van der Waals surface area contributed by atoms with E-state index in [2.05, 4.69) is 30.8 Å². The number of nitrogens with zero attached hydrogens (tertiary/aromatic N) is 2. The van der Waals surface area contributed by atoms with Gasteiger partial charge in [0.1, 0.15) is 11.4 Å². The third kappa shape index (κ3) is 3.99. The van der Waals surface area contributed by atoms with Crippen LogP contribution in [0.4, 0.5) is 5.69 Å². The van der Waals surface area contributed by atoms with Gasteiger partial charge in [0.15, 0.2) is 6.61 Å². The Kier molecular flexibility index (Phi) is 5.13. The van der Waals surface area contributed by atoms with Crippen molar-refractivity contribution in [3.05, 3.63) is 70.5 Å². The molecule has 1 N–H and O–H groups in total. The van der Waals surface area contributed by atoms with E-state index in [1.54, 1.807) is 0 Å². The molecule has 1 heterocycles. The molecule has 0 atom stereocenters. The summed E-state index contributed by atoms with van der Waals surface area (Å²) in [4.78, 5) is 12.2. The summed E-state index contributed by atoms with van der Waals surface area (Å²) in [5, 5.41) is 10.9. The van der Waals surface area contributed by atoms with Gasteiger partial charge in [0, 0.05) is 16.6 Å². The monoisotopic (exact) mass is 439 g/mol. The lowest BCUT2D eigenvalue weighted by Gasteiger charge is -2.11. The number of anilines is 1. The molecule has 0 spiro atoms. The largest absolute Gasteiger partial charge is 0.483 e. The average molecular weight is 440 g/mol. The Labute approximate surface area is 168 Å². The minimum Gasteiger partial charge on any atom is -0.483 e. The SMILES string of the molecule is O=C(COc1ccc2ccccc2c1Br)Nc1ccc(-c2csnn2)cc1. The molecule has 0 aliphatic heterocycles. The Morgan fingerprint density at radius 1 is 1.07 bits per heavy atom. The number of halogens is 1. The van der Waals surface area contributed by atoms with Crippen LogP contribution in [0.15, 0.2) is 70.5 Å². The van der Waals surface area contributed by atoms with Crippen molar-refractivity contribution in [3.8, 4) is 17.0 Å². The summed E-state index contributed by atoms with van der Waals surface area (Å²) < 4.78 is 10.4. The van der Waals surface area contributed by atoms with E-state index in [0.29, 0.717) is 11.4 Å². The Bertz CT molecular complexity index is 1080. The fraction of sp³-hybridized carbons (Fsp3) is 0.0500. The van der Waals surface area contributed by atoms with Crippen LogP contribution in [0.5, 0.6) is 5.75 Å². The Hall–Kier alpha value is -2.77. The van der Waals surface area contributed by atoms with Crippen molar-refractivity contribution in [1.82, 2.24) is 9.59 Å². The zero-order valence-electron chi connectivity index (χ0n) is 14.1. The molecule has 134 valence electrons. The molecule has 4 aromatic rings. The molecule has 27 heavy (non-hydrogen) atoms. The first-order chi connectivity index (χ1) is 13.2. The van der Waals surface area contributed by atoms with Crippen LogP contribution in [0, 0.1) is 0 Å². The van der Waals surface area contributed by atoms with Gasteiger partial charge in [-0.25, -0.2) is 0 Å². The molecule has 0 saturated heterocycles. The van der Waals surface area contributed by atoms with Crippen LogP contribution in [-0.2, 0) is 4.79 Å². The molecule has 0 radical (unpaired) electrons. The van der Waals surface area contributed by atoms with Gasteiger partial charge in [0.2, 0.25) is 0 Å². The van der Waals surface area contributed by atoms with Gasteiger partial charge >= 0.3 is 0 Å². The summed E-state index contributed by atoms with van der Waals surface area (Å²) in [5.41, 5.74) is 2.48. The molecular weight excluding hydrogens is 426 g/mol. The molecule has 4 rings (SSSR count). The first kappa shape index (κ1) is 17.6. The fourth-order valence-corrected chi connectivity index (χ4v) is 3.75. The van der Waals surface area contributed by atoms with Gasteiger partial charge in [-0.05, 0) is 56.4 Å². The molecule has 0 bridgehead atoms. The number of nitrogens with one attached hydrogen (secondary N) is 1. The summed E-state index contributed by atoms with van der Waals surface area (Å²) in [6, 6.07) is 19.3. The highest BCUT2D eigenvalue weighted by Crippen LogP contribution is 2.33. The number of rotatable bonds is 5. The Morgan fingerprint density at radius 3 is 2.67 bits per heavy atom. The number of hydrogen-bond acceptors (Lipinski definition) is 5. The van der Waals surface area contributed by atoms with Crippen LogP contribution in [-0.4, -0.2) is 22.1 Å². The quantitative estimate of drug-likeness (QED) is 0.467. The topological polar surface area (TPSA) is 64.1 Å². The van der Waals surface area contributed by atoms with E-state index >= 15 is 0 Å². The number of hydrogen-bond donors (Lipinski definition) is 1. The maximum atomic E-state index is 12.2. The second kappa shape index (κ2) is 7.85. The molecule has 0 fully saturated rings. The van der Waals surface area contributed by atoms with Crippen LogP contribution < -0.4 is 10.1 Å². The number of amides is 1. The van der Waals surface area contributed by atoms with Crippen LogP contribution in [0.1, 0.15) is 0 Å². The third-order valence-corrected chi connectivity index (χ3v) is 5.33. The lowest BCUT2D eigenvalue weighted by molar-refractivity contribution is -0.118. The van der Waals surface area contributed by atoms with Crippen LogP contribution in [0.3, 0.4) is 0 Å². The van der Waals surface area contributed by atoms with Gasteiger partial charge in [0.25, 0.3) is 5.91 Å². The summed E-state index contributed by atoms with van der Waals surface area (Å²) in [6.07, 6.45) is 0. The zero-order chi connectivity index (χ0) is 18.6. The first-order valence-corrected chi connectivity index (χ1v) is 9.81. The maximum Gasteiger partial charge on any atom is 0.262 e. The van der Waals surface area contributed by atoms with E-state index in [1.807, 2.05) is 66.0 Å². The summed E-state index contributed by atoms with van der Waals surface area (Å²) in [7, 11) is 0. The number of carbonyl (C=O) groups is 1. The van der Waals surface area contributed by atoms with E-state index < -0.39 is 0 Å². The van der Waals surface area contributed by atoms with Crippen LogP contribution in [0.25, 0.3) is 22.0 Å². The van der Waals surface area contributed by atoms with E-state index in [4.69, 9.17) is 4.74 Å². The molecular formula is C20H14BrN3O2S. The molecule has 3 aromatic carbocycles. The summed E-state index contributed by atoms with van der Waals surface area (Å²) in [6.45, 7) is -0.0747. The normalized spacial score (nSPS) is 10.7. The Balaban J connectivity index is 1.39. The molecule has 0 unspecified atom stereocenters. The molecule has 7 heteroatoms. The number of ether oxygens (including phenoxy) is 1. The highest BCUT2D eigenvalue weighted by Gasteiger charge is 2.09. The van der Waals surface area contributed by atoms with Gasteiger partial charge in [-0.1, -0.05) is 47.0 Å². The predicted octanol–water partition coefficient (Wildman–Crippen LogP) is 5.14. The van der Waals surface area contributed by atoms with Gasteiger partial charge in [-0.15, -0.1) is 5.10 Å². The average Bonchev–Trinajstić information content (AvgIpc) is 3.23. The van der Waals surface area contributed by atoms with Crippen LogP contribution in [0.2, 0.25) is 0 Å². The van der Waals surface area contributed by atoms with Crippen molar-refractivity contribution >= 4 is 49.8 Å². The van der Waals surface area contributed by atoms with Crippen LogP contribution >= 0.6 is 27.5 Å². The zero-order valence-corrected chi connectivity index (χ0v) is 16.5. The van der Waals surface area contributed by atoms with Crippen molar-refractivity contribution in [1.29, 1.82) is 0 Å². The highest BCUT2D eigenvalue weighted by atomic mass is 79.9. The molecule has 1 amide bonds. The van der Waals surface area contributed by atoms with E-state index in [9.17, 15) is 4.79 Å². The van der Waals surface area contributed by atoms with Gasteiger partial charge in [0.05, 0.1) is 4.47 Å². The van der Waals surface area contributed by atoms with Gasteiger partial charge in [-0.2, -0.15) is 0 Å². The number of benzene rings is 3. The second-order valence-electron chi connectivity index (χ2n) is 5.80.